The number of hydrogen-bond acceptors (Lipinski definition) is 16. The first-order chi connectivity index (χ1) is 67.7. The zero-order valence-electron chi connectivity index (χ0n) is 77.3. The van der Waals surface area contributed by atoms with Crippen LogP contribution in [0.4, 0.5) is 68.0 Å². The maximum Gasteiger partial charge on any atom is 0.296 e. The number of hydrogen-bond donors (Lipinski definition) is 0. The SMILES string of the molecule is [C-]#[N+]c1ccc(-c2nc(N3CCC4CCCC4C3)c(C)c(=O)n2-c2ccc(C3CC3)nc2)cc1F.[C-]#[N+]c1ccc(-c2nc(N3CCC4CCCC4C3)c(Cl)c(=O)n2-c2ccc(C3CC3)nc2)cc1F.[C-]#[N+]c1ccc(-c2nc(N3CCC4CCCC4C3)c(F)c(=O)n2-c2ccc(C3CC3)nc2)cc1F.[C-]#[N+]c1ccc(-c2nc(N3CCC4CCCC4C3)cc(=O)n2-c2ccc(C3CC3)nc2)cc1F. The molecule has 0 spiro atoms. The second-order valence-corrected chi connectivity index (χ2v) is 40.2. The number of anilines is 4. The average molecular weight is 1890 g/mol. The molecule has 0 N–H and O–H groups in total. The number of fused-ring (bicyclic) bond motifs is 4. The minimum Gasteiger partial charge on any atom is -0.356 e. The Morgan fingerprint density at radius 1 is 0.317 bits per heavy atom. The van der Waals surface area contributed by atoms with E-state index in [0.717, 1.165) is 168 Å². The number of rotatable bonds is 16. The van der Waals surface area contributed by atoms with Gasteiger partial charge in [-0.2, -0.15) is 4.39 Å². The Bertz CT molecular complexity index is 6700. The second-order valence-electron chi connectivity index (χ2n) is 39.8. The first-order valence-corrected chi connectivity index (χ1v) is 49.6. The van der Waals surface area contributed by atoms with Crippen LogP contribution in [0.25, 0.3) is 87.7 Å². The molecule has 4 aromatic carbocycles. The quantitative estimate of drug-likeness (QED) is 0.0648. The summed E-state index contributed by atoms with van der Waals surface area (Å²) in [5.41, 5.74) is 6.45. The fraction of sp³-hybridized carbons (Fsp3) is 0.413. The molecule has 0 amide bonds. The Hall–Kier alpha value is -13.9. The van der Waals surface area contributed by atoms with E-state index in [1.54, 1.807) is 61.2 Å². The summed E-state index contributed by atoms with van der Waals surface area (Å²) in [6.07, 6.45) is 34.7. The number of piperidine rings is 4. The summed E-state index contributed by atoms with van der Waals surface area (Å²) >= 11 is 6.68. The first-order valence-electron chi connectivity index (χ1n) is 49.2. The lowest BCUT2D eigenvalue weighted by Gasteiger charge is -2.36. The molecular weight excluding hydrogens is 1780 g/mol. The molecule has 0 bridgehead atoms. The number of nitrogens with zero attached hydrogens (tertiary/aromatic N) is 20. The summed E-state index contributed by atoms with van der Waals surface area (Å²) in [6, 6.07) is 33.9. The molecule has 24 nitrogen and oxygen atoms in total. The van der Waals surface area contributed by atoms with E-state index < -0.39 is 40.2 Å². The molecule has 12 aromatic rings. The Labute approximate surface area is 807 Å². The molecule has 4 saturated heterocycles. The topological polar surface area (TPSA) is 222 Å². The van der Waals surface area contributed by atoms with Crippen LogP contribution in [0.15, 0.2) is 171 Å². The molecular formula is C109H104ClF5N20O4. The van der Waals surface area contributed by atoms with Crippen LogP contribution in [0.3, 0.4) is 0 Å². The third-order valence-corrected chi connectivity index (χ3v) is 31.3. The van der Waals surface area contributed by atoms with Crippen LogP contribution >= 0.6 is 11.6 Å². The van der Waals surface area contributed by atoms with Crippen LogP contribution in [0.5, 0.6) is 0 Å². The molecule has 4 aliphatic heterocycles. The van der Waals surface area contributed by atoms with Gasteiger partial charge >= 0.3 is 0 Å². The van der Waals surface area contributed by atoms with Crippen molar-refractivity contribution in [2.45, 2.75) is 185 Å². The van der Waals surface area contributed by atoms with Gasteiger partial charge in [0.2, 0.25) is 28.6 Å². The van der Waals surface area contributed by atoms with E-state index in [4.69, 9.17) is 52.8 Å². The van der Waals surface area contributed by atoms with Crippen molar-refractivity contribution in [1.82, 2.24) is 58.1 Å². The molecule has 8 unspecified atom stereocenters. The van der Waals surface area contributed by atoms with E-state index in [2.05, 4.69) is 59.0 Å². The minimum atomic E-state index is -0.908. The summed E-state index contributed by atoms with van der Waals surface area (Å²) in [5, 5.41) is 0.0646. The predicted octanol–water partition coefficient (Wildman–Crippen LogP) is 23.1. The van der Waals surface area contributed by atoms with E-state index in [1.807, 2.05) is 54.3 Å². The maximum absolute atomic E-state index is 15.6. The van der Waals surface area contributed by atoms with Gasteiger partial charge < -0.3 is 19.6 Å². The van der Waals surface area contributed by atoms with Crippen molar-refractivity contribution in [3.05, 3.63) is 302 Å². The summed E-state index contributed by atoms with van der Waals surface area (Å²) < 4.78 is 79.6. The van der Waals surface area contributed by atoms with Crippen LogP contribution < -0.4 is 41.8 Å². The van der Waals surface area contributed by atoms with Gasteiger partial charge in [-0.05, 0) is 230 Å². The van der Waals surface area contributed by atoms with Gasteiger partial charge in [0.05, 0.1) is 79.4 Å². The van der Waals surface area contributed by atoms with Gasteiger partial charge in [-0.1, -0.05) is 111 Å². The summed E-state index contributed by atoms with van der Waals surface area (Å²) in [7, 11) is 0. The predicted molar refractivity (Wildman–Crippen MR) is 525 cm³/mol. The van der Waals surface area contributed by atoms with Crippen molar-refractivity contribution >= 4 is 57.6 Å². The lowest BCUT2D eigenvalue weighted by atomic mass is 9.88. The van der Waals surface area contributed by atoms with Crippen molar-refractivity contribution in [2.75, 3.05) is 72.0 Å². The molecule has 8 aromatic heterocycles. The summed E-state index contributed by atoms with van der Waals surface area (Å²) in [5.74, 6) is 6.70. The van der Waals surface area contributed by atoms with Crippen LogP contribution in [0.1, 0.15) is 206 Å². The van der Waals surface area contributed by atoms with Crippen LogP contribution in [0, 0.1) is 110 Å². The van der Waals surface area contributed by atoms with Gasteiger partial charge in [0.25, 0.3) is 22.2 Å². The van der Waals surface area contributed by atoms with E-state index in [9.17, 15) is 36.7 Å². The molecule has 706 valence electrons. The molecule has 12 aliphatic rings. The largest absolute Gasteiger partial charge is 0.356 e. The molecule has 12 heterocycles. The summed E-state index contributed by atoms with van der Waals surface area (Å²) in [6.45, 7) is 37.0. The van der Waals surface area contributed by atoms with Gasteiger partial charge in [0.15, 0.2) is 11.6 Å². The summed E-state index contributed by atoms with van der Waals surface area (Å²) in [4.78, 5) is 113. The van der Waals surface area contributed by atoms with Crippen molar-refractivity contribution < 1.29 is 22.0 Å². The number of benzene rings is 4. The van der Waals surface area contributed by atoms with Gasteiger partial charge in [0, 0.05) is 127 Å². The van der Waals surface area contributed by atoms with Gasteiger partial charge in [-0.25, -0.2) is 56.9 Å². The highest BCUT2D eigenvalue weighted by atomic mass is 35.5. The van der Waals surface area contributed by atoms with Crippen LogP contribution in [-0.4, -0.2) is 110 Å². The molecule has 8 aliphatic carbocycles. The Morgan fingerprint density at radius 3 is 0.950 bits per heavy atom. The Kier molecular flexibility index (Phi) is 25.6. The molecule has 12 fully saturated rings. The average Bonchev–Trinajstić information content (AvgIpc) is 1.16. The molecule has 8 atom stereocenters. The fourth-order valence-corrected chi connectivity index (χ4v) is 23.0. The zero-order chi connectivity index (χ0) is 95.5. The number of aromatic nitrogens is 12. The molecule has 24 rings (SSSR count). The third kappa shape index (κ3) is 18.8. The van der Waals surface area contributed by atoms with Crippen LogP contribution in [0.2, 0.25) is 5.02 Å². The Morgan fingerprint density at radius 2 is 0.612 bits per heavy atom. The smallest absolute Gasteiger partial charge is 0.296 e. The molecule has 139 heavy (non-hydrogen) atoms. The number of halogens is 6. The van der Waals surface area contributed by atoms with Crippen molar-refractivity contribution in [1.29, 1.82) is 0 Å². The van der Waals surface area contributed by atoms with Gasteiger partial charge in [-0.15, -0.1) is 0 Å². The van der Waals surface area contributed by atoms with Crippen LogP contribution in [-0.2, 0) is 0 Å². The van der Waals surface area contributed by atoms with Gasteiger partial charge in [-0.3, -0.25) is 57.4 Å². The highest BCUT2D eigenvalue weighted by molar-refractivity contribution is 6.32. The molecule has 0 radical (unpaired) electrons. The van der Waals surface area contributed by atoms with E-state index >= 15 is 4.39 Å². The highest BCUT2D eigenvalue weighted by Crippen LogP contribution is 2.48. The van der Waals surface area contributed by atoms with Gasteiger partial charge in [0.1, 0.15) is 63.2 Å². The molecule has 8 saturated carbocycles. The zero-order valence-corrected chi connectivity index (χ0v) is 78.1. The Balaban J connectivity index is 0.000000110. The van der Waals surface area contributed by atoms with E-state index in [-0.39, 0.29) is 50.5 Å². The highest BCUT2D eigenvalue weighted by Gasteiger charge is 2.41. The van der Waals surface area contributed by atoms with E-state index in [1.165, 1.54) is 133 Å². The standard InChI is InChI=1S/C28H28FN5O.C27H25ClFN5O.C27H25F2N5O.C27H26FN5O/c1-17-26(33-13-12-18-4-3-5-21(18)16-33)32-27(20-8-10-25(30-2)23(29)14-20)34(28(17)35)22-9-11-24(31-15-22)19-6-7-19;1-30-23-9-7-18(13-21(23)29)25-32-26(33-12-11-16-3-2-4-19(16)15-33)24(28)27(35)34(25)20-8-10-22(31-14-20)17-5-6-17;1-30-23-9-7-18(13-21(23)28)25-32-26(33-12-11-16-3-2-4-19(16)15-33)24(29)27(35)34(25)20-8-10-22(31-14-20)17-5-6-17;1-29-24-9-7-19(13-22(24)28)27-31-25(32-12-11-17-3-2-4-20(17)16-32)14-26(34)33(27)21-8-10-23(30-15-21)18-5-6-18/h8-11,14-15,18-19,21H,3-7,12-13,16H2,1H3;2*7-10,13-14,16-17,19H,2-6,11-12,15H2;7-10,13-15,17-18,20H,2-6,11-12,16H2. The third-order valence-electron chi connectivity index (χ3n) is 31.0. The fourth-order valence-electron chi connectivity index (χ4n) is 22.7. The van der Waals surface area contributed by atoms with Crippen molar-refractivity contribution in [3.63, 3.8) is 0 Å². The normalized spacial score (nSPS) is 21.6. The number of pyridine rings is 4. The van der Waals surface area contributed by atoms with E-state index in [0.29, 0.717) is 152 Å². The van der Waals surface area contributed by atoms with Crippen molar-refractivity contribution in [2.24, 2.45) is 47.3 Å². The monoisotopic (exact) mass is 1890 g/mol. The maximum atomic E-state index is 15.6. The lowest BCUT2D eigenvalue weighted by molar-refractivity contribution is 0.320. The second kappa shape index (κ2) is 38.8. The first kappa shape index (κ1) is 91.5. The lowest BCUT2D eigenvalue weighted by Crippen LogP contribution is -2.41. The minimum absolute atomic E-state index is 0.0174. The molecule has 30 heteroatoms. The van der Waals surface area contributed by atoms with Crippen molar-refractivity contribution in [3.8, 4) is 68.3 Å².